The molecule has 0 aromatic rings. The number of hydrogen-bond donors (Lipinski definition) is 6. The van der Waals surface area contributed by atoms with Gasteiger partial charge in [0.2, 0.25) is 5.91 Å². The Balaban J connectivity index is 6.92. The van der Waals surface area contributed by atoms with Crippen molar-refractivity contribution >= 4 is 42.0 Å². The fourth-order valence-corrected chi connectivity index (χ4v) is 7.90. The van der Waals surface area contributed by atoms with E-state index in [-0.39, 0.29) is 31.4 Å². The highest BCUT2D eigenvalue weighted by Gasteiger charge is 2.42. The highest BCUT2D eigenvalue weighted by atomic mass is 16.6. The number of rotatable bonds is 35. The zero-order valence-electron chi connectivity index (χ0n) is 47.8. The maximum Gasteiger partial charge on any atom is 0.414 e. The van der Waals surface area contributed by atoms with Crippen molar-refractivity contribution in [3.8, 4) is 0 Å². The van der Waals surface area contributed by atoms with Gasteiger partial charge in [-0.3, -0.25) is 19.9 Å². The van der Waals surface area contributed by atoms with E-state index in [0.717, 1.165) is 51.4 Å². The van der Waals surface area contributed by atoms with Gasteiger partial charge in [0.1, 0.15) is 34.5 Å². The van der Waals surface area contributed by atoms with Crippen molar-refractivity contribution in [3.63, 3.8) is 0 Å². The Hall–Kier alpha value is -4.31. The highest BCUT2D eigenvalue weighted by Crippen LogP contribution is 2.19. The molecule has 0 saturated carbocycles. The van der Waals surface area contributed by atoms with Crippen LogP contribution in [0.4, 0.5) is 19.2 Å². The number of alkyl carbamates (subject to hydrolysis) is 4. The summed E-state index contributed by atoms with van der Waals surface area (Å²) in [4.78, 5) is 87.1. The lowest BCUT2D eigenvalue weighted by Gasteiger charge is -2.33. The summed E-state index contributed by atoms with van der Waals surface area (Å²) < 4.78 is 22.0. The molecule has 0 rings (SSSR count). The van der Waals surface area contributed by atoms with Crippen molar-refractivity contribution in [1.29, 1.82) is 0 Å². The maximum absolute atomic E-state index is 15.1. The molecule has 17 heteroatoms. The smallest absolute Gasteiger partial charge is 0.414 e. The highest BCUT2D eigenvalue weighted by molar-refractivity contribution is 6.00. The zero-order chi connectivity index (χ0) is 54.8. The molecular weight excluding hydrogens is 919 g/mol. The van der Waals surface area contributed by atoms with E-state index in [1.807, 2.05) is 0 Å². The van der Waals surface area contributed by atoms with E-state index in [1.165, 1.54) is 83.5 Å². The van der Waals surface area contributed by atoms with Gasteiger partial charge in [-0.15, -0.1) is 0 Å². The predicted molar refractivity (Wildman–Crippen MR) is 289 cm³/mol. The molecule has 0 saturated heterocycles. The first-order chi connectivity index (χ1) is 33.6. The Bertz CT molecular complexity index is 1580. The van der Waals surface area contributed by atoms with Gasteiger partial charge in [0, 0.05) is 12.6 Å². The third-order valence-corrected chi connectivity index (χ3v) is 11.3. The number of guanidine groups is 1. The number of ether oxygens (including phenoxy) is 4. The largest absolute Gasteiger partial charge is 0.444 e. The Morgan fingerprint density at radius 2 is 0.750 bits per heavy atom. The summed E-state index contributed by atoms with van der Waals surface area (Å²) in [5.74, 6) is -1.77. The number of carbonyl (C=O) groups is 6. The molecule has 0 spiro atoms. The molecule has 0 bridgehead atoms. The lowest BCUT2D eigenvalue weighted by molar-refractivity contribution is -0.131. The van der Waals surface area contributed by atoms with Crippen LogP contribution in [0.15, 0.2) is 4.99 Å². The number of ketones is 1. The molecular formula is C55H105N7O10. The van der Waals surface area contributed by atoms with Gasteiger partial charge in [0.25, 0.3) is 0 Å². The van der Waals surface area contributed by atoms with Gasteiger partial charge in [-0.25, -0.2) is 19.2 Å². The number of nitrogens with one attached hydrogen (secondary N) is 5. The number of nitrogens with zero attached hydrogens (tertiary/aromatic N) is 1. The zero-order valence-corrected chi connectivity index (χ0v) is 47.8. The summed E-state index contributed by atoms with van der Waals surface area (Å²) in [6.07, 6.45) is 22.3. The van der Waals surface area contributed by atoms with E-state index >= 15 is 4.79 Å². The van der Waals surface area contributed by atoms with E-state index in [4.69, 9.17) is 24.7 Å². The van der Waals surface area contributed by atoms with Crippen LogP contribution in [0.2, 0.25) is 0 Å². The molecule has 0 aromatic carbocycles. The molecule has 0 aromatic heterocycles. The summed E-state index contributed by atoms with van der Waals surface area (Å²) in [6, 6.07) is -5.19. The second-order valence-corrected chi connectivity index (χ2v) is 23.4. The molecule has 72 heavy (non-hydrogen) atoms. The standard InChI is InChI=1S/C55H105N7O10/c1-15-17-19-21-23-25-27-29-31-33-35-38-41(37-34-32-30-28-26-24-22-20-18-16-2)58-46(64)44(61-50(67)71-54(9,10)11)43(60-49(66)70-53(6,7)8)45(63)42(59-48(65)69-52(3,4)5)39-36-40-57-47(56)62-51(68)72-55(12,13)14/h41-44H,15-40H2,1-14H3,(H,58,64)(H,59,65)(H,60,66)(H,61,67)(H3,56,57,62,68)/t41?,42-,43?,44?/m0/s1. The Morgan fingerprint density at radius 1 is 0.417 bits per heavy atom. The van der Waals surface area contributed by atoms with Crippen molar-refractivity contribution in [2.75, 3.05) is 6.54 Å². The number of aliphatic imine (C=N–C) groups is 1. The van der Waals surface area contributed by atoms with Crippen molar-refractivity contribution in [2.24, 2.45) is 10.7 Å². The van der Waals surface area contributed by atoms with E-state index in [1.54, 1.807) is 83.1 Å². The number of hydrogen-bond acceptors (Lipinski definition) is 11. The Kier molecular flexibility index (Phi) is 34.4. The van der Waals surface area contributed by atoms with Crippen LogP contribution in [0, 0.1) is 0 Å². The second-order valence-electron chi connectivity index (χ2n) is 23.4. The minimum Gasteiger partial charge on any atom is -0.444 e. The van der Waals surface area contributed by atoms with Crippen LogP contribution < -0.4 is 32.3 Å². The summed E-state index contributed by atoms with van der Waals surface area (Å²) in [5, 5.41) is 13.3. The third kappa shape index (κ3) is 39.2. The summed E-state index contributed by atoms with van der Waals surface area (Å²) >= 11 is 0. The first kappa shape index (κ1) is 67.7. The predicted octanol–water partition coefficient (Wildman–Crippen LogP) is 12.4. The van der Waals surface area contributed by atoms with E-state index < -0.39 is 76.6 Å². The number of Topliss-reactive ketones (excluding diaryl/α,β-unsaturated/α-hetero) is 1. The minimum atomic E-state index is -1.78. The lowest BCUT2D eigenvalue weighted by atomic mass is 9.93. The molecule has 420 valence electrons. The monoisotopic (exact) mass is 1020 g/mol. The van der Waals surface area contributed by atoms with Gasteiger partial charge >= 0.3 is 24.4 Å². The normalized spacial score (nSPS) is 14.0. The molecule has 7 N–H and O–H groups in total. The number of nitrogens with two attached hydrogens (primary N) is 1. The second kappa shape index (κ2) is 36.6. The minimum absolute atomic E-state index is 0.00860. The summed E-state index contributed by atoms with van der Waals surface area (Å²) in [7, 11) is 0. The van der Waals surface area contributed by atoms with Crippen LogP contribution in [0.5, 0.6) is 0 Å². The van der Waals surface area contributed by atoms with Crippen LogP contribution >= 0.6 is 0 Å². The average molecular weight is 1020 g/mol. The summed E-state index contributed by atoms with van der Waals surface area (Å²) in [6.45, 7) is 24.5. The number of amides is 5. The molecule has 0 radical (unpaired) electrons. The molecule has 0 aliphatic rings. The molecule has 0 aliphatic carbocycles. The van der Waals surface area contributed by atoms with E-state index in [9.17, 15) is 24.0 Å². The fourth-order valence-electron chi connectivity index (χ4n) is 7.90. The van der Waals surface area contributed by atoms with Gasteiger partial charge in [0.15, 0.2) is 11.7 Å². The topological polar surface area (TPSA) is 238 Å². The fraction of sp³-hybridized carbons (Fsp3) is 0.873. The average Bonchev–Trinajstić information content (AvgIpc) is 3.22. The summed E-state index contributed by atoms with van der Waals surface area (Å²) in [5.41, 5.74) is 2.23. The Labute approximate surface area is 436 Å². The molecule has 17 nitrogen and oxygen atoms in total. The molecule has 5 amide bonds. The molecule has 0 fully saturated rings. The van der Waals surface area contributed by atoms with Crippen molar-refractivity contribution in [1.82, 2.24) is 26.6 Å². The molecule has 0 heterocycles. The van der Waals surface area contributed by atoms with Crippen molar-refractivity contribution in [2.45, 2.75) is 304 Å². The van der Waals surface area contributed by atoms with Gasteiger partial charge in [0.05, 0.1) is 6.04 Å². The van der Waals surface area contributed by atoms with Crippen LogP contribution in [-0.2, 0) is 28.5 Å². The quantitative estimate of drug-likeness (QED) is 0.0151. The van der Waals surface area contributed by atoms with Gasteiger partial charge in [-0.1, -0.05) is 149 Å². The first-order valence-corrected chi connectivity index (χ1v) is 27.7. The van der Waals surface area contributed by atoms with Gasteiger partial charge in [-0.05, 0) is 109 Å². The van der Waals surface area contributed by atoms with Crippen molar-refractivity contribution < 1.29 is 47.7 Å². The first-order valence-electron chi connectivity index (χ1n) is 27.7. The van der Waals surface area contributed by atoms with Crippen LogP contribution in [0.25, 0.3) is 0 Å². The van der Waals surface area contributed by atoms with E-state index in [2.05, 4.69) is 45.4 Å². The molecule has 3 unspecified atom stereocenters. The lowest BCUT2D eigenvalue weighted by Crippen LogP contribution is -2.65. The Morgan fingerprint density at radius 3 is 1.12 bits per heavy atom. The van der Waals surface area contributed by atoms with Crippen LogP contribution in [-0.4, -0.2) is 95.1 Å². The SMILES string of the molecule is CCCCCCCCCCCCCC(CCCCCCCCCCCC)NC(=O)C(NC(=O)OC(C)(C)C)C(NC(=O)OC(C)(C)C)C(=O)[C@H](CCCN=C(N)NC(=O)OC(C)(C)C)NC(=O)OC(C)(C)C. The third-order valence-electron chi connectivity index (χ3n) is 11.3. The number of unbranched alkanes of at least 4 members (excludes halogenated alkanes) is 19. The van der Waals surface area contributed by atoms with Crippen molar-refractivity contribution in [3.05, 3.63) is 0 Å². The van der Waals surface area contributed by atoms with Crippen LogP contribution in [0.1, 0.15) is 257 Å². The van der Waals surface area contributed by atoms with Crippen LogP contribution in [0.3, 0.4) is 0 Å². The van der Waals surface area contributed by atoms with E-state index in [0.29, 0.717) is 12.8 Å². The van der Waals surface area contributed by atoms with Gasteiger partial charge < -0.3 is 45.9 Å². The molecule has 4 atom stereocenters. The maximum atomic E-state index is 15.1. The molecule has 0 aliphatic heterocycles. The van der Waals surface area contributed by atoms with Gasteiger partial charge in [-0.2, -0.15) is 0 Å². The number of carbonyl (C=O) groups excluding carboxylic acids is 6.